The summed E-state index contributed by atoms with van der Waals surface area (Å²) in [5, 5.41) is 34.8. The largest absolute Gasteiger partial charge is 0.373 e. The van der Waals surface area contributed by atoms with Crippen molar-refractivity contribution in [2.45, 2.75) is 75.0 Å². The lowest BCUT2D eigenvalue weighted by Crippen LogP contribution is -2.57. The first-order chi connectivity index (χ1) is 17.1. The van der Waals surface area contributed by atoms with Gasteiger partial charge in [0, 0.05) is 38.9 Å². The molecule has 9 heteroatoms. The highest BCUT2D eigenvalue weighted by molar-refractivity contribution is 5.13. The van der Waals surface area contributed by atoms with Crippen molar-refractivity contribution in [1.29, 1.82) is 0 Å². The van der Waals surface area contributed by atoms with Gasteiger partial charge < -0.3 is 29.5 Å². The lowest BCUT2D eigenvalue weighted by atomic mass is 9.80. The molecule has 0 radical (unpaired) electrons. The van der Waals surface area contributed by atoms with Crippen LogP contribution in [0.1, 0.15) is 40.0 Å². The van der Waals surface area contributed by atoms with Crippen LogP contribution in [0.5, 0.6) is 0 Å². The van der Waals surface area contributed by atoms with E-state index in [0.717, 1.165) is 0 Å². The van der Waals surface area contributed by atoms with Crippen molar-refractivity contribution >= 4 is 0 Å². The first-order valence-corrected chi connectivity index (χ1v) is 13.2. The van der Waals surface area contributed by atoms with Crippen LogP contribution in [0.25, 0.3) is 0 Å². The molecule has 3 fully saturated rings. The van der Waals surface area contributed by atoms with E-state index in [1.54, 1.807) is 18.2 Å². The van der Waals surface area contributed by atoms with Crippen molar-refractivity contribution < 1.29 is 29.5 Å². The van der Waals surface area contributed by atoms with E-state index in [1.165, 1.54) is 0 Å². The zero-order chi connectivity index (χ0) is 26.6. The van der Waals surface area contributed by atoms with Gasteiger partial charge in [0.2, 0.25) is 0 Å². The van der Waals surface area contributed by atoms with Crippen molar-refractivity contribution in [2.75, 3.05) is 59.1 Å². The molecule has 3 saturated heterocycles. The fourth-order valence-electron chi connectivity index (χ4n) is 6.23. The van der Waals surface area contributed by atoms with E-state index in [0.29, 0.717) is 52.1 Å². The Hall–Kier alpha value is -1.14. The molecule has 3 rings (SSSR count). The van der Waals surface area contributed by atoms with Crippen molar-refractivity contribution in [2.24, 2.45) is 0 Å². The zero-order valence-corrected chi connectivity index (χ0v) is 22.4. The summed E-state index contributed by atoms with van der Waals surface area (Å²) in [6.07, 6.45) is 5.02. The van der Waals surface area contributed by atoms with Crippen LogP contribution in [0.15, 0.2) is 38.0 Å². The van der Waals surface area contributed by atoms with E-state index in [2.05, 4.69) is 19.7 Å². The minimum absolute atomic E-state index is 0.0690. The lowest BCUT2D eigenvalue weighted by Gasteiger charge is -2.42. The van der Waals surface area contributed by atoms with Gasteiger partial charge in [0.1, 0.15) is 22.8 Å². The van der Waals surface area contributed by atoms with Gasteiger partial charge in [-0.2, -0.15) is 0 Å². The quantitative estimate of drug-likeness (QED) is 0.237. The first kappa shape index (κ1) is 29.4. The highest BCUT2D eigenvalue weighted by atomic mass is 16.6. The van der Waals surface area contributed by atoms with Crippen LogP contribution in [-0.2, 0) is 14.2 Å². The van der Waals surface area contributed by atoms with E-state index >= 15 is 0 Å². The highest BCUT2D eigenvalue weighted by Crippen LogP contribution is 2.50. The first-order valence-electron chi connectivity index (χ1n) is 13.2. The Balaban J connectivity index is 1.94. The molecule has 0 aliphatic carbocycles. The van der Waals surface area contributed by atoms with Crippen LogP contribution in [0, 0.1) is 0 Å². The molecular formula is C27H47N3O6. The van der Waals surface area contributed by atoms with Crippen LogP contribution in [0.3, 0.4) is 0 Å². The Labute approximate surface area is 216 Å². The molecule has 5 unspecified atom stereocenters. The molecule has 0 saturated carbocycles. The molecule has 0 aromatic rings. The minimum atomic E-state index is -1.26. The average molecular weight is 510 g/mol. The van der Waals surface area contributed by atoms with Crippen LogP contribution < -0.4 is 0 Å². The molecule has 9 nitrogen and oxygen atoms in total. The van der Waals surface area contributed by atoms with E-state index in [4.69, 9.17) is 14.2 Å². The van der Waals surface area contributed by atoms with Gasteiger partial charge in [0.25, 0.3) is 0 Å². The van der Waals surface area contributed by atoms with E-state index < -0.39 is 35.0 Å². The summed E-state index contributed by atoms with van der Waals surface area (Å²) in [6.45, 7) is 21.2. The van der Waals surface area contributed by atoms with Crippen LogP contribution in [-0.4, -0.2) is 124 Å². The normalized spacial score (nSPS) is 38.9. The number of nitrogens with zero attached hydrogens (tertiary/aromatic N) is 3. The molecule has 3 heterocycles. The van der Waals surface area contributed by atoms with Crippen LogP contribution in [0.4, 0.5) is 0 Å². The molecule has 0 aromatic carbocycles. The molecule has 36 heavy (non-hydrogen) atoms. The molecule has 0 aromatic heterocycles. The van der Waals surface area contributed by atoms with Crippen molar-refractivity contribution in [1.82, 2.24) is 14.7 Å². The second-order valence-electron chi connectivity index (χ2n) is 10.4. The van der Waals surface area contributed by atoms with Gasteiger partial charge >= 0.3 is 0 Å². The van der Waals surface area contributed by atoms with Gasteiger partial charge in [0.05, 0.1) is 32.0 Å². The zero-order valence-electron chi connectivity index (χ0n) is 22.4. The summed E-state index contributed by atoms with van der Waals surface area (Å²) in [7, 11) is 0. The van der Waals surface area contributed by atoms with E-state index in [-0.39, 0.29) is 26.2 Å². The summed E-state index contributed by atoms with van der Waals surface area (Å²) in [5.74, 6) is 0. The van der Waals surface area contributed by atoms with Gasteiger partial charge in [-0.05, 0) is 19.6 Å². The van der Waals surface area contributed by atoms with Gasteiger partial charge in [-0.25, -0.2) is 0 Å². The molecule has 0 spiro atoms. The molecule has 5 atom stereocenters. The SMILES string of the molecule is C=CCN(CC)C1(O)COC(C2(C3CC(O)(N(CC)CC=C)CO3)CC(O)(N(CC)CC=C)CO2)C1. The summed E-state index contributed by atoms with van der Waals surface area (Å²) in [5.41, 5.74) is -4.69. The molecule has 206 valence electrons. The fraction of sp³-hybridized carbons (Fsp3) is 0.778. The second kappa shape index (κ2) is 11.7. The molecule has 3 aliphatic rings. The third-order valence-corrected chi connectivity index (χ3v) is 8.24. The second-order valence-corrected chi connectivity index (χ2v) is 10.4. The van der Waals surface area contributed by atoms with Crippen LogP contribution in [0.2, 0.25) is 0 Å². The monoisotopic (exact) mass is 509 g/mol. The van der Waals surface area contributed by atoms with Crippen molar-refractivity contribution in [3.05, 3.63) is 38.0 Å². The Morgan fingerprint density at radius 3 is 1.44 bits per heavy atom. The van der Waals surface area contributed by atoms with Gasteiger partial charge in [0.15, 0.2) is 0 Å². The topological polar surface area (TPSA) is 98.1 Å². The predicted octanol–water partition coefficient (Wildman–Crippen LogP) is 1.31. The molecule has 0 bridgehead atoms. The maximum atomic E-state index is 11.7. The molecule has 0 amide bonds. The van der Waals surface area contributed by atoms with Gasteiger partial charge in [-0.15, -0.1) is 19.7 Å². The fourth-order valence-corrected chi connectivity index (χ4v) is 6.23. The van der Waals surface area contributed by atoms with E-state index in [9.17, 15) is 15.3 Å². The lowest BCUT2D eigenvalue weighted by molar-refractivity contribution is -0.162. The van der Waals surface area contributed by atoms with Crippen molar-refractivity contribution in [3.8, 4) is 0 Å². The van der Waals surface area contributed by atoms with Gasteiger partial charge in [-0.3, -0.25) is 14.7 Å². The number of likely N-dealkylation sites (N-methyl/N-ethyl adjacent to an activating group) is 3. The number of hydrogen-bond acceptors (Lipinski definition) is 9. The number of rotatable bonds is 14. The predicted molar refractivity (Wildman–Crippen MR) is 139 cm³/mol. The molecule has 3 N–H and O–H groups in total. The number of aliphatic hydroxyl groups is 3. The Bertz CT molecular complexity index is 741. The average Bonchev–Trinajstić information content (AvgIpc) is 3.56. The standard InChI is InChI=1S/C27H47N3O6/c1-7-13-28(10-4)24(31)16-22(34-19-24)27(18-26(33,21-36-27)30(12-6)15-9-3)23-17-25(32,20-35-23)29(11-5)14-8-2/h7-9,22-23,31-33H,1-3,10-21H2,4-6H3. The highest BCUT2D eigenvalue weighted by Gasteiger charge is 2.65. The summed E-state index contributed by atoms with van der Waals surface area (Å²) < 4.78 is 19.1. The summed E-state index contributed by atoms with van der Waals surface area (Å²) >= 11 is 0. The number of hydrogen-bond donors (Lipinski definition) is 3. The Morgan fingerprint density at radius 2 is 1.08 bits per heavy atom. The maximum Gasteiger partial charge on any atom is 0.145 e. The smallest absolute Gasteiger partial charge is 0.145 e. The Morgan fingerprint density at radius 1 is 0.694 bits per heavy atom. The number of ether oxygens (including phenoxy) is 3. The molecular weight excluding hydrogens is 462 g/mol. The third kappa shape index (κ3) is 5.36. The minimum Gasteiger partial charge on any atom is -0.373 e. The third-order valence-electron chi connectivity index (χ3n) is 8.24. The van der Waals surface area contributed by atoms with Crippen LogP contribution >= 0.6 is 0 Å². The molecule has 3 aliphatic heterocycles. The Kier molecular flexibility index (Phi) is 9.57. The van der Waals surface area contributed by atoms with Gasteiger partial charge in [-0.1, -0.05) is 39.0 Å². The summed E-state index contributed by atoms with van der Waals surface area (Å²) in [4.78, 5) is 5.79. The van der Waals surface area contributed by atoms with Crippen molar-refractivity contribution in [3.63, 3.8) is 0 Å². The maximum absolute atomic E-state index is 11.7. The summed E-state index contributed by atoms with van der Waals surface area (Å²) in [6, 6.07) is 0. The van der Waals surface area contributed by atoms with E-state index in [1.807, 2.05) is 35.5 Å².